The van der Waals surface area contributed by atoms with E-state index in [1.807, 2.05) is 18.2 Å². The maximum absolute atomic E-state index is 13.2. The van der Waals surface area contributed by atoms with Crippen LogP contribution in [-0.2, 0) is 10.0 Å². The van der Waals surface area contributed by atoms with Crippen LogP contribution in [0.1, 0.15) is 6.42 Å². The van der Waals surface area contributed by atoms with Gasteiger partial charge in [-0.2, -0.15) is 12.3 Å². The fourth-order valence-corrected chi connectivity index (χ4v) is 5.68. The molecular formula is C15H15N2O2S+. The molecule has 2 bridgehead atoms. The molecule has 3 aliphatic rings. The minimum Gasteiger partial charge on any atom is -0.240 e. The highest BCUT2D eigenvalue weighted by Gasteiger charge is 2.61. The Balaban J connectivity index is 1.95. The standard InChI is InChI=1S/C15H15N2O2S/c18-20(19,15-6-1-3-9-16-15)17-10-4-2-5-14(17)12-7-8-13(17)11-12/h1-9,12-13H,10-11H2/q+1. The molecule has 1 fully saturated rings. The lowest BCUT2D eigenvalue weighted by Gasteiger charge is -2.39. The summed E-state index contributed by atoms with van der Waals surface area (Å²) in [7, 11) is -3.54. The first-order chi connectivity index (χ1) is 9.66. The van der Waals surface area contributed by atoms with E-state index in [0.717, 1.165) is 12.1 Å². The van der Waals surface area contributed by atoms with E-state index in [4.69, 9.17) is 0 Å². The maximum Gasteiger partial charge on any atom is 0.349 e. The van der Waals surface area contributed by atoms with Gasteiger partial charge in [0.25, 0.3) is 0 Å². The Bertz CT molecular complexity index is 749. The number of rotatable bonds is 2. The van der Waals surface area contributed by atoms with E-state index < -0.39 is 10.0 Å². The number of hydrogen-bond donors (Lipinski definition) is 0. The summed E-state index contributed by atoms with van der Waals surface area (Å²) < 4.78 is 26.4. The molecule has 0 spiro atoms. The molecule has 102 valence electrons. The van der Waals surface area contributed by atoms with E-state index in [2.05, 4.69) is 17.1 Å². The van der Waals surface area contributed by atoms with Gasteiger partial charge in [-0.05, 0) is 30.4 Å². The second kappa shape index (κ2) is 3.90. The van der Waals surface area contributed by atoms with Crippen LogP contribution in [0.25, 0.3) is 0 Å². The van der Waals surface area contributed by atoms with Crippen LogP contribution in [0.5, 0.6) is 0 Å². The highest BCUT2D eigenvalue weighted by Crippen LogP contribution is 2.51. The first kappa shape index (κ1) is 12.1. The molecule has 0 N–H and O–H groups in total. The molecule has 4 rings (SSSR count). The molecule has 2 aliphatic heterocycles. The van der Waals surface area contributed by atoms with Crippen molar-refractivity contribution in [2.75, 3.05) is 6.54 Å². The predicted octanol–water partition coefficient (Wildman–Crippen LogP) is 2.00. The van der Waals surface area contributed by atoms with Gasteiger partial charge >= 0.3 is 10.0 Å². The summed E-state index contributed by atoms with van der Waals surface area (Å²) in [4.78, 5) is 4.09. The first-order valence-electron chi connectivity index (χ1n) is 6.76. The number of pyridine rings is 1. The number of fused-ring (bicyclic) bond motifs is 5. The van der Waals surface area contributed by atoms with Crippen molar-refractivity contribution in [3.8, 4) is 0 Å². The molecule has 3 atom stereocenters. The van der Waals surface area contributed by atoms with Gasteiger partial charge in [-0.3, -0.25) is 0 Å². The molecule has 1 aliphatic carbocycles. The highest BCUT2D eigenvalue weighted by atomic mass is 32.2. The van der Waals surface area contributed by atoms with Crippen LogP contribution in [0.2, 0.25) is 0 Å². The molecule has 4 nitrogen and oxygen atoms in total. The summed E-state index contributed by atoms with van der Waals surface area (Å²) in [5.41, 5.74) is 0.991. The number of quaternary nitrogens is 1. The number of sulfonamides is 1. The largest absolute Gasteiger partial charge is 0.349 e. The minimum atomic E-state index is -3.54. The Morgan fingerprint density at radius 3 is 2.95 bits per heavy atom. The van der Waals surface area contributed by atoms with E-state index in [-0.39, 0.29) is 20.9 Å². The Morgan fingerprint density at radius 1 is 1.25 bits per heavy atom. The zero-order chi connectivity index (χ0) is 13.8. The van der Waals surface area contributed by atoms with Gasteiger partial charge in [0.05, 0.1) is 5.92 Å². The van der Waals surface area contributed by atoms with Crippen LogP contribution in [-0.4, -0.2) is 29.9 Å². The molecule has 0 radical (unpaired) electrons. The average Bonchev–Trinajstić information content (AvgIpc) is 3.09. The summed E-state index contributed by atoms with van der Waals surface area (Å²) >= 11 is 0. The Hall–Kier alpha value is -1.72. The van der Waals surface area contributed by atoms with Crippen molar-refractivity contribution >= 4 is 10.0 Å². The van der Waals surface area contributed by atoms with Gasteiger partial charge in [-0.15, -0.1) is 0 Å². The van der Waals surface area contributed by atoms with Gasteiger partial charge in [0.2, 0.25) is 5.03 Å². The normalized spacial score (nSPS) is 34.1. The molecule has 1 aromatic heterocycles. The maximum atomic E-state index is 13.2. The predicted molar refractivity (Wildman–Crippen MR) is 74.8 cm³/mol. The summed E-state index contributed by atoms with van der Waals surface area (Å²) in [6, 6.07) is 5.07. The van der Waals surface area contributed by atoms with Gasteiger partial charge in [0, 0.05) is 12.6 Å². The fraction of sp³-hybridized carbons (Fsp3) is 0.267. The molecule has 1 aromatic rings. The van der Waals surface area contributed by atoms with Crippen molar-refractivity contribution < 1.29 is 12.3 Å². The minimum absolute atomic E-state index is 0.0156. The van der Waals surface area contributed by atoms with Crippen LogP contribution in [0.4, 0.5) is 0 Å². The van der Waals surface area contributed by atoms with E-state index in [1.54, 1.807) is 24.4 Å². The summed E-state index contributed by atoms with van der Waals surface area (Å²) in [5.74, 6) is 0.253. The molecule has 20 heavy (non-hydrogen) atoms. The molecular weight excluding hydrogens is 272 g/mol. The molecule has 1 saturated heterocycles. The van der Waals surface area contributed by atoms with Crippen LogP contribution < -0.4 is 0 Å². The highest BCUT2D eigenvalue weighted by molar-refractivity contribution is 7.86. The molecule has 3 heterocycles. The molecule has 0 aromatic carbocycles. The van der Waals surface area contributed by atoms with E-state index in [9.17, 15) is 8.42 Å². The van der Waals surface area contributed by atoms with Gasteiger partial charge in [0.1, 0.15) is 18.3 Å². The summed E-state index contributed by atoms with van der Waals surface area (Å²) in [5, 5.41) is 0.169. The van der Waals surface area contributed by atoms with Crippen LogP contribution >= 0.6 is 0 Å². The van der Waals surface area contributed by atoms with E-state index in [0.29, 0.717) is 6.54 Å². The third-order valence-corrected chi connectivity index (χ3v) is 6.78. The third-order valence-electron chi connectivity index (χ3n) is 4.52. The lowest BCUT2D eigenvalue weighted by molar-refractivity contribution is -0.772. The van der Waals surface area contributed by atoms with Gasteiger partial charge < -0.3 is 0 Å². The smallest absolute Gasteiger partial charge is 0.240 e. The van der Waals surface area contributed by atoms with Crippen molar-refractivity contribution in [1.29, 1.82) is 0 Å². The van der Waals surface area contributed by atoms with Crippen molar-refractivity contribution in [3.05, 3.63) is 60.5 Å². The Labute approximate surface area is 118 Å². The van der Waals surface area contributed by atoms with Crippen molar-refractivity contribution in [2.24, 2.45) is 5.92 Å². The first-order valence-corrected chi connectivity index (χ1v) is 8.20. The SMILES string of the molecule is O=S(=O)(c1ccccn1)[N+]12CC=CC=C1C1C=CC2C1. The van der Waals surface area contributed by atoms with Gasteiger partial charge in [-0.25, -0.2) is 4.98 Å². The van der Waals surface area contributed by atoms with Gasteiger partial charge in [-0.1, -0.05) is 18.2 Å². The number of nitrogens with zero attached hydrogens (tertiary/aromatic N) is 2. The van der Waals surface area contributed by atoms with Crippen molar-refractivity contribution in [1.82, 2.24) is 4.98 Å². The molecule has 3 unspecified atom stereocenters. The number of allylic oxidation sites excluding steroid dienone is 3. The average molecular weight is 287 g/mol. The zero-order valence-corrected chi connectivity index (χ0v) is 11.7. The Morgan fingerprint density at radius 2 is 2.15 bits per heavy atom. The zero-order valence-electron chi connectivity index (χ0n) is 10.9. The topological polar surface area (TPSA) is 47.0 Å². The second-order valence-electron chi connectivity index (χ2n) is 5.44. The fourth-order valence-electron chi connectivity index (χ4n) is 3.64. The molecule has 5 heteroatoms. The third kappa shape index (κ3) is 1.29. The monoisotopic (exact) mass is 287 g/mol. The molecule has 0 amide bonds. The lowest BCUT2D eigenvalue weighted by atomic mass is 10.1. The van der Waals surface area contributed by atoms with Crippen LogP contribution in [0.3, 0.4) is 0 Å². The number of aromatic nitrogens is 1. The summed E-state index contributed by atoms with van der Waals surface area (Å²) in [6.45, 7) is 0.496. The Kier molecular flexibility index (Phi) is 2.35. The van der Waals surface area contributed by atoms with Crippen LogP contribution in [0.15, 0.2) is 65.5 Å². The quantitative estimate of drug-likeness (QED) is 0.617. The van der Waals surface area contributed by atoms with Crippen molar-refractivity contribution in [2.45, 2.75) is 17.5 Å². The van der Waals surface area contributed by atoms with Crippen molar-refractivity contribution in [3.63, 3.8) is 0 Å². The lowest BCUT2D eigenvalue weighted by Crippen LogP contribution is -2.55. The summed E-state index contributed by atoms with van der Waals surface area (Å²) in [6.07, 6.45) is 12.5. The number of hydrogen-bond acceptors (Lipinski definition) is 3. The van der Waals surface area contributed by atoms with Crippen LogP contribution in [0, 0.1) is 5.92 Å². The second-order valence-corrected chi connectivity index (χ2v) is 7.46. The molecule has 0 saturated carbocycles. The van der Waals surface area contributed by atoms with E-state index in [1.165, 1.54) is 0 Å². The van der Waals surface area contributed by atoms with E-state index >= 15 is 0 Å². The van der Waals surface area contributed by atoms with Gasteiger partial charge in [0.15, 0.2) is 0 Å².